The van der Waals surface area contributed by atoms with E-state index in [9.17, 15) is 9.59 Å². The number of furan rings is 1. The Kier molecular flexibility index (Phi) is 6.29. The van der Waals surface area contributed by atoms with Gasteiger partial charge in [0.25, 0.3) is 5.91 Å². The Labute approximate surface area is 166 Å². The lowest BCUT2D eigenvalue weighted by molar-refractivity contribution is -0.123. The van der Waals surface area contributed by atoms with Gasteiger partial charge in [0.05, 0.1) is 5.69 Å². The standard InChI is InChI=1S/C20H17ClN2O5/c1-13(19(24)23-16-8-5-11-22-18(16)21)27-20(25)17-10-9-15(28-17)12-26-14-6-3-2-4-7-14/h2-11,13H,12H2,1H3,(H,23,24)/t13-/m0/s1. The van der Waals surface area contributed by atoms with Gasteiger partial charge in [-0.3, -0.25) is 4.79 Å². The molecule has 0 saturated carbocycles. The molecule has 7 nitrogen and oxygen atoms in total. The summed E-state index contributed by atoms with van der Waals surface area (Å²) in [6, 6.07) is 15.5. The minimum atomic E-state index is -1.06. The Hall–Kier alpha value is -3.32. The van der Waals surface area contributed by atoms with Gasteiger partial charge in [0.15, 0.2) is 11.3 Å². The lowest BCUT2D eigenvalue weighted by atomic mass is 10.3. The number of amides is 1. The molecule has 0 spiro atoms. The van der Waals surface area contributed by atoms with E-state index in [0.717, 1.165) is 0 Å². The molecule has 1 aromatic carbocycles. The summed E-state index contributed by atoms with van der Waals surface area (Å²) in [5, 5.41) is 2.69. The highest BCUT2D eigenvalue weighted by atomic mass is 35.5. The first-order valence-corrected chi connectivity index (χ1v) is 8.79. The van der Waals surface area contributed by atoms with Crippen molar-refractivity contribution in [3.05, 3.63) is 77.5 Å². The van der Waals surface area contributed by atoms with Crippen molar-refractivity contribution in [3.8, 4) is 5.75 Å². The van der Waals surface area contributed by atoms with Crippen LogP contribution in [0.15, 0.2) is 65.2 Å². The van der Waals surface area contributed by atoms with E-state index in [2.05, 4.69) is 10.3 Å². The fourth-order valence-corrected chi connectivity index (χ4v) is 2.39. The van der Waals surface area contributed by atoms with Gasteiger partial charge in [-0.1, -0.05) is 29.8 Å². The third-order valence-electron chi connectivity index (χ3n) is 3.66. The SMILES string of the molecule is C[C@H](OC(=O)c1ccc(COc2ccccc2)o1)C(=O)Nc1cccnc1Cl. The Balaban J connectivity index is 1.53. The first-order chi connectivity index (χ1) is 13.5. The highest BCUT2D eigenvalue weighted by Gasteiger charge is 2.22. The van der Waals surface area contributed by atoms with Crippen LogP contribution in [0.4, 0.5) is 5.69 Å². The maximum Gasteiger partial charge on any atom is 0.375 e. The predicted octanol–water partition coefficient (Wildman–Crippen LogP) is 4.09. The summed E-state index contributed by atoms with van der Waals surface area (Å²) in [4.78, 5) is 28.2. The van der Waals surface area contributed by atoms with Gasteiger partial charge in [0.1, 0.15) is 18.1 Å². The number of esters is 1. The molecule has 1 amide bonds. The fraction of sp³-hybridized carbons (Fsp3) is 0.150. The van der Waals surface area contributed by atoms with Crippen LogP contribution in [0.5, 0.6) is 5.75 Å². The number of para-hydroxylation sites is 1. The van der Waals surface area contributed by atoms with Crippen molar-refractivity contribution < 1.29 is 23.5 Å². The lowest BCUT2D eigenvalue weighted by Gasteiger charge is -2.13. The van der Waals surface area contributed by atoms with E-state index in [1.54, 1.807) is 18.2 Å². The number of hydrogen-bond donors (Lipinski definition) is 1. The van der Waals surface area contributed by atoms with E-state index < -0.39 is 18.0 Å². The predicted molar refractivity (Wildman–Crippen MR) is 102 cm³/mol. The Morgan fingerprint density at radius 2 is 1.93 bits per heavy atom. The van der Waals surface area contributed by atoms with Gasteiger partial charge in [-0.25, -0.2) is 9.78 Å². The molecule has 0 saturated heterocycles. The van der Waals surface area contributed by atoms with E-state index in [0.29, 0.717) is 17.2 Å². The molecule has 0 fully saturated rings. The van der Waals surface area contributed by atoms with E-state index in [4.69, 9.17) is 25.5 Å². The number of nitrogens with zero attached hydrogens (tertiary/aromatic N) is 1. The van der Waals surface area contributed by atoms with Gasteiger partial charge in [0, 0.05) is 6.20 Å². The molecule has 0 aliphatic heterocycles. The Morgan fingerprint density at radius 3 is 2.68 bits per heavy atom. The second kappa shape index (κ2) is 9.05. The lowest BCUT2D eigenvalue weighted by Crippen LogP contribution is -2.30. The zero-order chi connectivity index (χ0) is 19.9. The number of rotatable bonds is 7. The van der Waals surface area contributed by atoms with Gasteiger partial charge in [-0.05, 0) is 43.3 Å². The first kappa shape index (κ1) is 19.4. The highest BCUT2D eigenvalue weighted by Crippen LogP contribution is 2.18. The average molecular weight is 401 g/mol. The molecule has 8 heteroatoms. The third-order valence-corrected chi connectivity index (χ3v) is 3.96. The summed E-state index contributed by atoms with van der Waals surface area (Å²) in [5.74, 6) is -0.184. The van der Waals surface area contributed by atoms with Crippen molar-refractivity contribution in [2.24, 2.45) is 0 Å². The first-order valence-electron chi connectivity index (χ1n) is 8.42. The molecule has 1 atom stereocenters. The Bertz CT molecular complexity index is 958. The molecule has 0 aliphatic carbocycles. The molecule has 1 N–H and O–H groups in total. The second-order valence-electron chi connectivity index (χ2n) is 5.75. The third kappa shape index (κ3) is 5.11. The monoisotopic (exact) mass is 400 g/mol. The molecule has 0 unspecified atom stereocenters. The highest BCUT2D eigenvalue weighted by molar-refractivity contribution is 6.32. The second-order valence-corrected chi connectivity index (χ2v) is 6.10. The molecule has 0 aliphatic rings. The van der Waals surface area contributed by atoms with E-state index in [-0.39, 0.29) is 17.5 Å². The van der Waals surface area contributed by atoms with Gasteiger partial charge >= 0.3 is 5.97 Å². The largest absolute Gasteiger partial charge is 0.486 e. The van der Waals surface area contributed by atoms with Crippen molar-refractivity contribution in [1.29, 1.82) is 0 Å². The van der Waals surface area contributed by atoms with E-state index >= 15 is 0 Å². The summed E-state index contributed by atoms with van der Waals surface area (Å²) in [6.45, 7) is 1.60. The maximum absolute atomic E-state index is 12.2. The van der Waals surface area contributed by atoms with Crippen LogP contribution in [0.1, 0.15) is 23.2 Å². The molecule has 0 radical (unpaired) electrons. The summed E-state index contributed by atoms with van der Waals surface area (Å²) < 4.78 is 16.1. The summed E-state index contributed by atoms with van der Waals surface area (Å²) in [6.07, 6.45) is 0.440. The van der Waals surface area contributed by atoms with Gasteiger partial charge in [0.2, 0.25) is 5.76 Å². The van der Waals surface area contributed by atoms with Crippen LogP contribution in [-0.4, -0.2) is 23.0 Å². The number of pyridine rings is 1. The molecule has 2 heterocycles. The van der Waals surface area contributed by atoms with E-state index in [1.807, 2.05) is 30.3 Å². The van der Waals surface area contributed by atoms with Crippen molar-refractivity contribution in [1.82, 2.24) is 4.98 Å². The minimum Gasteiger partial charge on any atom is -0.486 e. The molecule has 3 rings (SSSR count). The number of carbonyl (C=O) groups is 2. The molecular weight excluding hydrogens is 384 g/mol. The number of nitrogens with one attached hydrogen (secondary N) is 1. The zero-order valence-corrected chi connectivity index (χ0v) is 15.7. The van der Waals surface area contributed by atoms with Crippen LogP contribution in [0, 0.1) is 0 Å². The van der Waals surface area contributed by atoms with Crippen LogP contribution >= 0.6 is 11.6 Å². The topological polar surface area (TPSA) is 90.7 Å². The van der Waals surface area contributed by atoms with Crippen LogP contribution in [-0.2, 0) is 16.1 Å². The van der Waals surface area contributed by atoms with Crippen molar-refractivity contribution in [2.45, 2.75) is 19.6 Å². The zero-order valence-electron chi connectivity index (χ0n) is 14.9. The fourth-order valence-electron chi connectivity index (χ4n) is 2.22. The molecule has 2 aromatic heterocycles. The van der Waals surface area contributed by atoms with Gasteiger partial charge in [-0.2, -0.15) is 0 Å². The molecular formula is C20H17ClN2O5. The smallest absolute Gasteiger partial charge is 0.375 e. The van der Waals surface area contributed by atoms with Crippen LogP contribution in [0.25, 0.3) is 0 Å². The van der Waals surface area contributed by atoms with Crippen molar-refractivity contribution in [2.75, 3.05) is 5.32 Å². The summed E-state index contributed by atoms with van der Waals surface area (Å²) in [7, 11) is 0. The van der Waals surface area contributed by atoms with Crippen LogP contribution in [0.2, 0.25) is 5.15 Å². The van der Waals surface area contributed by atoms with E-state index in [1.165, 1.54) is 19.2 Å². The summed E-state index contributed by atoms with van der Waals surface area (Å²) >= 11 is 5.89. The quantitative estimate of drug-likeness (QED) is 0.474. The number of carbonyl (C=O) groups excluding carboxylic acids is 2. The molecule has 0 bridgehead atoms. The number of hydrogen-bond acceptors (Lipinski definition) is 6. The minimum absolute atomic E-state index is 0.0225. The number of benzene rings is 1. The van der Waals surface area contributed by atoms with Gasteiger partial charge < -0.3 is 19.2 Å². The number of anilines is 1. The number of aromatic nitrogens is 1. The number of halogens is 1. The maximum atomic E-state index is 12.2. The summed E-state index contributed by atoms with van der Waals surface area (Å²) in [5.41, 5.74) is 0.329. The van der Waals surface area contributed by atoms with Crippen molar-refractivity contribution in [3.63, 3.8) is 0 Å². The molecule has 144 valence electrons. The normalized spacial score (nSPS) is 11.5. The van der Waals surface area contributed by atoms with Crippen LogP contribution < -0.4 is 10.1 Å². The van der Waals surface area contributed by atoms with Crippen LogP contribution in [0.3, 0.4) is 0 Å². The molecule has 28 heavy (non-hydrogen) atoms. The number of ether oxygens (including phenoxy) is 2. The molecule has 3 aromatic rings. The van der Waals surface area contributed by atoms with Gasteiger partial charge in [-0.15, -0.1) is 0 Å². The Morgan fingerprint density at radius 1 is 1.14 bits per heavy atom. The van der Waals surface area contributed by atoms with Crippen molar-refractivity contribution >= 4 is 29.2 Å². The average Bonchev–Trinajstić information content (AvgIpc) is 3.18.